The molecule has 5 nitrogen and oxygen atoms in total. The zero-order chi connectivity index (χ0) is 14.8. The van der Waals surface area contributed by atoms with Crippen LogP contribution in [0.15, 0.2) is 48.8 Å². The van der Waals surface area contributed by atoms with E-state index in [-0.39, 0.29) is 0 Å². The van der Waals surface area contributed by atoms with Gasteiger partial charge in [-0.2, -0.15) is 0 Å². The second-order valence-electron chi connectivity index (χ2n) is 4.82. The fourth-order valence-electron chi connectivity index (χ4n) is 2.37. The number of imidazole rings is 1. The molecule has 2 N–H and O–H groups in total. The third kappa shape index (κ3) is 2.63. The van der Waals surface area contributed by atoms with Gasteiger partial charge in [-0.05, 0) is 23.2 Å². The van der Waals surface area contributed by atoms with Crippen LogP contribution in [0.5, 0.6) is 5.75 Å². The van der Waals surface area contributed by atoms with Crippen LogP contribution in [-0.2, 0) is 6.54 Å². The van der Waals surface area contributed by atoms with E-state index in [9.17, 15) is 0 Å². The molecule has 0 fully saturated rings. The van der Waals surface area contributed by atoms with E-state index in [4.69, 9.17) is 14.8 Å². The van der Waals surface area contributed by atoms with Gasteiger partial charge in [0.2, 0.25) is 0 Å². The van der Waals surface area contributed by atoms with Gasteiger partial charge in [0, 0.05) is 6.54 Å². The molecule has 21 heavy (non-hydrogen) atoms. The molecule has 106 valence electrons. The Hall–Kier alpha value is -2.31. The molecule has 0 radical (unpaired) electrons. The second kappa shape index (κ2) is 5.59. The highest BCUT2D eigenvalue weighted by atomic mass is 16.5. The molecule has 0 saturated carbocycles. The minimum atomic E-state index is -1.44. The van der Waals surface area contributed by atoms with E-state index in [1.807, 2.05) is 34.9 Å². The first-order valence-corrected chi connectivity index (χ1v) is 6.62. The minimum absolute atomic E-state index is 0.479. The summed E-state index contributed by atoms with van der Waals surface area (Å²) >= 11 is 0. The zero-order valence-electron chi connectivity index (χ0n) is 11.6. The van der Waals surface area contributed by atoms with Crippen molar-refractivity contribution in [3.63, 3.8) is 0 Å². The maximum absolute atomic E-state index is 9.10. The van der Waals surface area contributed by atoms with E-state index in [1.165, 1.54) is 0 Å². The minimum Gasteiger partial charge on any atom is -0.494 e. The van der Waals surface area contributed by atoms with Gasteiger partial charge >= 0.3 is 7.12 Å². The molecule has 2 aromatic carbocycles. The Morgan fingerprint density at radius 3 is 2.57 bits per heavy atom. The number of methoxy groups -OCH3 is 1. The average molecular weight is 282 g/mol. The molecule has 0 unspecified atom stereocenters. The number of rotatable bonds is 4. The van der Waals surface area contributed by atoms with E-state index >= 15 is 0 Å². The molecule has 0 saturated heterocycles. The molecule has 6 heteroatoms. The van der Waals surface area contributed by atoms with E-state index in [2.05, 4.69) is 4.98 Å². The summed E-state index contributed by atoms with van der Waals surface area (Å²) in [5, 5.41) is 18.2. The van der Waals surface area contributed by atoms with Crippen molar-refractivity contribution in [3.8, 4) is 5.75 Å². The molecule has 0 aliphatic heterocycles. The molecule has 0 atom stereocenters. The third-order valence-electron chi connectivity index (χ3n) is 3.45. The molecule has 3 aromatic rings. The summed E-state index contributed by atoms with van der Waals surface area (Å²) < 4.78 is 7.40. The van der Waals surface area contributed by atoms with E-state index in [1.54, 1.807) is 25.6 Å². The summed E-state index contributed by atoms with van der Waals surface area (Å²) in [5.74, 6) is 0.785. The Bertz CT molecular complexity index is 753. The van der Waals surface area contributed by atoms with Gasteiger partial charge in [0.15, 0.2) is 0 Å². The number of hydrogen-bond acceptors (Lipinski definition) is 4. The van der Waals surface area contributed by atoms with Crippen LogP contribution in [0, 0.1) is 0 Å². The van der Waals surface area contributed by atoms with Crippen LogP contribution in [0.4, 0.5) is 0 Å². The van der Waals surface area contributed by atoms with Crippen LogP contribution in [0.1, 0.15) is 5.56 Å². The van der Waals surface area contributed by atoms with Gasteiger partial charge in [-0.15, -0.1) is 0 Å². The first kappa shape index (κ1) is 13.7. The highest BCUT2D eigenvalue weighted by molar-refractivity contribution is 6.58. The fraction of sp³-hybridized carbons (Fsp3) is 0.133. The van der Waals surface area contributed by atoms with Crippen LogP contribution in [-0.4, -0.2) is 33.8 Å². The number of benzene rings is 2. The van der Waals surface area contributed by atoms with Gasteiger partial charge < -0.3 is 19.4 Å². The number of nitrogens with zero attached hydrogens (tertiary/aromatic N) is 2. The molecular formula is C15H15BN2O3. The quantitative estimate of drug-likeness (QED) is 0.694. The summed E-state index contributed by atoms with van der Waals surface area (Å²) in [6.45, 7) is 0.638. The average Bonchev–Trinajstić information content (AvgIpc) is 2.91. The second-order valence-corrected chi connectivity index (χ2v) is 4.82. The van der Waals surface area contributed by atoms with E-state index < -0.39 is 7.12 Å². The van der Waals surface area contributed by atoms with Crippen molar-refractivity contribution in [2.24, 2.45) is 0 Å². The summed E-state index contributed by atoms with van der Waals surface area (Å²) in [7, 11) is 0.206. The third-order valence-corrected chi connectivity index (χ3v) is 3.45. The predicted molar refractivity (Wildman–Crippen MR) is 81.7 cm³/mol. The lowest BCUT2D eigenvalue weighted by atomic mass is 9.80. The van der Waals surface area contributed by atoms with Crippen LogP contribution < -0.4 is 10.2 Å². The van der Waals surface area contributed by atoms with E-state index in [0.29, 0.717) is 12.0 Å². The number of fused-ring (bicyclic) bond motifs is 1. The van der Waals surface area contributed by atoms with Crippen molar-refractivity contribution in [3.05, 3.63) is 54.4 Å². The highest BCUT2D eigenvalue weighted by Gasteiger charge is 2.11. The Balaban J connectivity index is 1.94. The number of aromatic nitrogens is 2. The standard InChI is InChI=1S/C15H15BN2O3/c1-21-14-4-2-3-13-15(14)18(10-17-13)9-11-5-7-12(8-6-11)16(19)20/h2-8,10,19-20H,9H2,1H3. The smallest absolute Gasteiger partial charge is 0.488 e. The van der Waals surface area contributed by atoms with Crippen molar-refractivity contribution in [2.45, 2.75) is 6.54 Å². The predicted octanol–water partition coefficient (Wildman–Crippen LogP) is 0.773. The topological polar surface area (TPSA) is 67.5 Å². The van der Waals surface area contributed by atoms with Crippen molar-refractivity contribution < 1.29 is 14.8 Å². The summed E-state index contributed by atoms with van der Waals surface area (Å²) in [6, 6.07) is 12.9. The van der Waals surface area contributed by atoms with Crippen LogP contribution in [0.3, 0.4) is 0 Å². The molecule has 0 amide bonds. The summed E-state index contributed by atoms with van der Waals surface area (Å²) in [4.78, 5) is 4.37. The van der Waals surface area contributed by atoms with Gasteiger partial charge in [-0.25, -0.2) is 4.98 Å². The molecule has 0 aliphatic carbocycles. The Morgan fingerprint density at radius 1 is 1.14 bits per heavy atom. The molecule has 0 aliphatic rings. The highest BCUT2D eigenvalue weighted by Crippen LogP contribution is 2.25. The maximum Gasteiger partial charge on any atom is 0.488 e. The largest absolute Gasteiger partial charge is 0.494 e. The first-order valence-electron chi connectivity index (χ1n) is 6.62. The maximum atomic E-state index is 9.10. The lowest BCUT2D eigenvalue weighted by Gasteiger charge is -2.08. The lowest BCUT2D eigenvalue weighted by molar-refractivity contribution is 0.417. The van der Waals surface area contributed by atoms with Crippen molar-refractivity contribution in [1.82, 2.24) is 9.55 Å². The normalized spacial score (nSPS) is 10.8. The SMILES string of the molecule is COc1cccc2ncn(Cc3ccc(B(O)O)cc3)c12. The molecule has 1 heterocycles. The van der Waals surface area contributed by atoms with Crippen molar-refractivity contribution >= 4 is 23.6 Å². The first-order chi connectivity index (χ1) is 10.2. The van der Waals surface area contributed by atoms with Crippen LogP contribution >= 0.6 is 0 Å². The van der Waals surface area contributed by atoms with Crippen LogP contribution in [0.25, 0.3) is 11.0 Å². The molecule has 3 rings (SSSR count). The lowest BCUT2D eigenvalue weighted by Crippen LogP contribution is -2.29. The molecular weight excluding hydrogens is 267 g/mol. The van der Waals surface area contributed by atoms with Crippen molar-refractivity contribution in [2.75, 3.05) is 7.11 Å². The van der Waals surface area contributed by atoms with E-state index in [0.717, 1.165) is 22.3 Å². The Morgan fingerprint density at radius 2 is 1.90 bits per heavy atom. The Labute approximate surface area is 122 Å². The molecule has 0 bridgehead atoms. The fourth-order valence-corrected chi connectivity index (χ4v) is 2.37. The number of hydrogen-bond donors (Lipinski definition) is 2. The van der Waals surface area contributed by atoms with Gasteiger partial charge in [-0.3, -0.25) is 0 Å². The zero-order valence-corrected chi connectivity index (χ0v) is 11.6. The summed E-state index contributed by atoms with van der Waals surface area (Å²) in [6.07, 6.45) is 1.78. The van der Waals surface area contributed by atoms with Gasteiger partial charge in [0.1, 0.15) is 11.3 Å². The molecule has 0 spiro atoms. The van der Waals surface area contributed by atoms with Gasteiger partial charge in [-0.1, -0.05) is 30.3 Å². The number of ether oxygens (including phenoxy) is 1. The summed E-state index contributed by atoms with van der Waals surface area (Å²) in [5.41, 5.74) is 3.36. The van der Waals surface area contributed by atoms with Crippen LogP contribution in [0.2, 0.25) is 0 Å². The van der Waals surface area contributed by atoms with Gasteiger partial charge in [0.25, 0.3) is 0 Å². The Kier molecular flexibility index (Phi) is 3.64. The van der Waals surface area contributed by atoms with Crippen molar-refractivity contribution in [1.29, 1.82) is 0 Å². The van der Waals surface area contributed by atoms with Gasteiger partial charge in [0.05, 0.1) is 19.0 Å². The molecule has 1 aromatic heterocycles. The number of para-hydroxylation sites is 1. The monoisotopic (exact) mass is 282 g/mol.